The van der Waals surface area contributed by atoms with E-state index in [4.69, 9.17) is 0 Å². The van der Waals surface area contributed by atoms with Gasteiger partial charge in [-0.2, -0.15) is 0 Å². The van der Waals surface area contributed by atoms with Gasteiger partial charge in [-0.3, -0.25) is 9.79 Å². The van der Waals surface area contributed by atoms with Crippen molar-refractivity contribution in [2.24, 2.45) is 4.99 Å². The topological polar surface area (TPSA) is 70.1 Å². The van der Waals surface area contributed by atoms with Crippen molar-refractivity contribution in [1.29, 1.82) is 0 Å². The number of aliphatic imine (C=N–C) groups is 1. The average molecular weight is 421 g/mol. The van der Waals surface area contributed by atoms with E-state index < -0.39 is 0 Å². The molecular weight excluding hydrogens is 396 g/mol. The van der Waals surface area contributed by atoms with Crippen LogP contribution in [0.3, 0.4) is 0 Å². The van der Waals surface area contributed by atoms with Crippen LogP contribution in [0.4, 0.5) is 0 Å². The monoisotopic (exact) mass is 420 g/mol. The number of hydrogen-bond acceptors (Lipinski definition) is 3. The lowest BCUT2D eigenvalue weighted by molar-refractivity contribution is 0.0945. The Bertz CT molecular complexity index is 1350. The fourth-order valence-corrected chi connectivity index (χ4v) is 4.73. The van der Waals surface area contributed by atoms with Gasteiger partial charge in [-0.05, 0) is 65.3 Å². The lowest BCUT2D eigenvalue weighted by atomic mass is 9.90. The highest BCUT2D eigenvalue weighted by molar-refractivity contribution is 6.12. The second kappa shape index (κ2) is 8.27. The maximum Gasteiger partial charge on any atom is 0.252 e. The van der Waals surface area contributed by atoms with E-state index in [0.717, 1.165) is 34.9 Å². The summed E-state index contributed by atoms with van der Waals surface area (Å²) in [5, 5.41) is 4.12. The second-order valence-electron chi connectivity index (χ2n) is 7.85. The number of aromatic nitrogens is 2. The summed E-state index contributed by atoms with van der Waals surface area (Å²) >= 11 is 0. The Morgan fingerprint density at radius 3 is 3.03 bits per heavy atom. The molecule has 0 fully saturated rings. The molecule has 32 heavy (non-hydrogen) atoms. The number of H-pyrrole nitrogens is 1. The van der Waals surface area contributed by atoms with E-state index in [9.17, 15) is 4.79 Å². The van der Waals surface area contributed by atoms with E-state index in [-0.39, 0.29) is 11.9 Å². The summed E-state index contributed by atoms with van der Waals surface area (Å²) in [5.74, 6) is -0.106. The number of carbonyl (C=O) groups is 1. The average Bonchev–Trinajstić information content (AvgIpc) is 3.43. The smallest absolute Gasteiger partial charge is 0.252 e. The van der Waals surface area contributed by atoms with Crippen LogP contribution < -0.4 is 5.32 Å². The fourth-order valence-electron chi connectivity index (χ4n) is 4.73. The molecule has 0 bridgehead atoms. The van der Waals surface area contributed by atoms with Crippen molar-refractivity contribution in [2.75, 3.05) is 0 Å². The van der Waals surface area contributed by atoms with Crippen molar-refractivity contribution in [1.82, 2.24) is 15.3 Å². The third kappa shape index (κ3) is 3.23. The van der Waals surface area contributed by atoms with Gasteiger partial charge in [-0.25, -0.2) is 4.98 Å². The van der Waals surface area contributed by atoms with Crippen LogP contribution in [-0.2, 0) is 0 Å². The summed E-state index contributed by atoms with van der Waals surface area (Å²) in [4.78, 5) is 25.0. The quantitative estimate of drug-likeness (QED) is 0.515. The molecule has 0 radical (unpaired) electrons. The molecule has 1 amide bonds. The molecule has 0 saturated carbocycles. The molecule has 5 rings (SSSR count). The molecule has 2 aliphatic carbocycles. The molecule has 1 atom stereocenters. The summed E-state index contributed by atoms with van der Waals surface area (Å²) in [7, 11) is 0. The molecule has 0 spiro atoms. The first-order valence-corrected chi connectivity index (χ1v) is 10.8. The lowest BCUT2D eigenvalue weighted by Crippen LogP contribution is -2.28. The van der Waals surface area contributed by atoms with Crippen LogP contribution in [0.25, 0.3) is 22.2 Å². The van der Waals surface area contributed by atoms with Crippen LogP contribution in [0.2, 0.25) is 0 Å². The molecule has 0 aliphatic heterocycles. The van der Waals surface area contributed by atoms with Crippen LogP contribution in [0.1, 0.15) is 52.9 Å². The minimum absolute atomic E-state index is 0.106. The number of allylic oxidation sites excluding steroid dienone is 4. The highest BCUT2D eigenvalue weighted by atomic mass is 16.1. The van der Waals surface area contributed by atoms with Gasteiger partial charge in [0, 0.05) is 30.2 Å². The van der Waals surface area contributed by atoms with Crippen molar-refractivity contribution in [3.05, 3.63) is 102 Å². The summed E-state index contributed by atoms with van der Waals surface area (Å²) in [6, 6.07) is 9.76. The number of benzene rings is 1. The minimum atomic E-state index is -0.194. The van der Waals surface area contributed by atoms with Gasteiger partial charge in [-0.15, -0.1) is 0 Å². The van der Waals surface area contributed by atoms with Gasteiger partial charge >= 0.3 is 0 Å². The van der Waals surface area contributed by atoms with Crippen LogP contribution in [0.5, 0.6) is 0 Å². The van der Waals surface area contributed by atoms with Crippen LogP contribution in [0.15, 0.2) is 84.3 Å². The molecule has 0 saturated heterocycles. The van der Waals surface area contributed by atoms with Gasteiger partial charge in [-0.1, -0.05) is 43.0 Å². The van der Waals surface area contributed by atoms with Gasteiger partial charge in [0.2, 0.25) is 0 Å². The van der Waals surface area contributed by atoms with Gasteiger partial charge in [0.25, 0.3) is 5.91 Å². The number of nitrogens with one attached hydrogen (secondary N) is 2. The summed E-state index contributed by atoms with van der Waals surface area (Å²) in [6.07, 6.45) is 15.2. The molecule has 2 heterocycles. The maximum atomic E-state index is 13.4. The van der Waals surface area contributed by atoms with E-state index in [1.165, 1.54) is 16.7 Å². The van der Waals surface area contributed by atoms with Gasteiger partial charge in [0.1, 0.15) is 5.65 Å². The van der Waals surface area contributed by atoms with Crippen molar-refractivity contribution >= 4 is 34.3 Å². The Hall–Kier alpha value is -3.99. The molecule has 2 aliphatic rings. The van der Waals surface area contributed by atoms with Gasteiger partial charge < -0.3 is 10.3 Å². The first-order valence-electron chi connectivity index (χ1n) is 10.8. The summed E-state index contributed by atoms with van der Waals surface area (Å²) in [5.41, 5.74) is 8.31. The number of rotatable bonds is 5. The normalized spacial score (nSPS) is 17.7. The van der Waals surface area contributed by atoms with Gasteiger partial charge in [0.05, 0.1) is 11.6 Å². The van der Waals surface area contributed by atoms with E-state index in [1.807, 2.05) is 19.2 Å². The zero-order valence-electron chi connectivity index (χ0n) is 17.9. The predicted octanol–water partition coefficient (Wildman–Crippen LogP) is 5.77. The molecule has 2 N–H and O–H groups in total. The molecular formula is C27H24N4O. The van der Waals surface area contributed by atoms with Crippen LogP contribution in [-0.4, -0.2) is 22.1 Å². The third-order valence-electron chi connectivity index (χ3n) is 6.15. The summed E-state index contributed by atoms with van der Waals surface area (Å²) < 4.78 is 0. The third-order valence-corrected chi connectivity index (χ3v) is 6.15. The highest BCUT2D eigenvalue weighted by Gasteiger charge is 2.34. The number of fused-ring (bicyclic) bond motifs is 3. The standard InChI is InChI=1S/C27H24N4O/c1-3-17(16-28-4-2)18-10-7-11-23-24(18)19-8-5-6-9-20(19)25(23)31-27(32)22-13-15-30-26-21(22)12-14-29-26/h3-4,6-7,9-16,25H,2,5,8H2,1H3,(H,29,30)(H,31,32)/b17-3+,28-16?. The van der Waals surface area contributed by atoms with Gasteiger partial charge in [0.15, 0.2) is 0 Å². The Morgan fingerprint density at radius 1 is 1.28 bits per heavy atom. The summed E-state index contributed by atoms with van der Waals surface area (Å²) in [6.45, 7) is 5.71. The molecule has 1 aromatic carbocycles. The van der Waals surface area contributed by atoms with Crippen molar-refractivity contribution in [3.63, 3.8) is 0 Å². The first kappa shape index (κ1) is 19.9. The number of pyridine rings is 1. The van der Waals surface area contributed by atoms with Crippen LogP contribution >= 0.6 is 0 Å². The minimum Gasteiger partial charge on any atom is -0.346 e. The van der Waals surface area contributed by atoms with E-state index in [2.05, 4.69) is 63.3 Å². The Kier molecular flexibility index (Phi) is 5.15. The molecule has 1 unspecified atom stereocenters. The Balaban J connectivity index is 1.59. The molecule has 5 nitrogen and oxygen atoms in total. The number of carbonyl (C=O) groups excluding carboxylic acids is 1. The second-order valence-corrected chi connectivity index (χ2v) is 7.85. The fraction of sp³-hybridized carbons (Fsp3) is 0.148. The van der Waals surface area contributed by atoms with Crippen molar-refractivity contribution < 1.29 is 4.79 Å². The van der Waals surface area contributed by atoms with E-state index >= 15 is 0 Å². The molecule has 2 aromatic heterocycles. The lowest BCUT2D eigenvalue weighted by Gasteiger charge is -2.18. The van der Waals surface area contributed by atoms with Crippen molar-refractivity contribution in [2.45, 2.75) is 25.8 Å². The van der Waals surface area contributed by atoms with Crippen LogP contribution in [0, 0.1) is 0 Å². The molecule has 5 heteroatoms. The maximum absolute atomic E-state index is 13.4. The number of aromatic amines is 1. The molecule has 3 aromatic rings. The first-order chi connectivity index (χ1) is 15.7. The Morgan fingerprint density at radius 2 is 2.19 bits per heavy atom. The van der Waals surface area contributed by atoms with Crippen molar-refractivity contribution in [3.8, 4) is 0 Å². The van der Waals surface area contributed by atoms with E-state index in [0.29, 0.717) is 11.2 Å². The predicted molar refractivity (Wildman–Crippen MR) is 130 cm³/mol. The Labute approximate surface area is 187 Å². The highest BCUT2D eigenvalue weighted by Crippen LogP contribution is 2.47. The molecule has 158 valence electrons. The SMILES string of the molecule is C=CN=C/C(=C\C)c1cccc2c1C1=C(C=CCC1)C2NC(=O)c1ccnc2[nH]ccc12. The largest absolute Gasteiger partial charge is 0.346 e. The number of hydrogen-bond donors (Lipinski definition) is 2. The zero-order chi connectivity index (χ0) is 22.1. The number of nitrogens with zero attached hydrogens (tertiary/aromatic N) is 2. The zero-order valence-corrected chi connectivity index (χ0v) is 17.9. The van der Waals surface area contributed by atoms with E-state index in [1.54, 1.807) is 24.7 Å². The number of amides is 1.